The first kappa shape index (κ1) is 16.7. The molecule has 8 heteroatoms. The Bertz CT molecular complexity index is 1020. The summed E-state index contributed by atoms with van der Waals surface area (Å²) >= 11 is 0. The third-order valence-corrected chi connectivity index (χ3v) is 7.73. The number of fused-ring (bicyclic) bond motifs is 3. The van der Waals surface area contributed by atoms with Crippen molar-refractivity contribution in [2.24, 2.45) is 15.3 Å². The molecule has 0 aromatic heterocycles. The average Bonchev–Trinajstić information content (AvgIpc) is 3.34. The molecule has 3 atom stereocenters. The second kappa shape index (κ2) is 6.02. The van der Waals surface area contributed by atoms with Gasteiger partial charge in [0, 0.05) is 11.9 Å². The Morgan fingerprint density at radius 2 is 1.81 bits per heavy atom. The standard InChI is InChI=1S/C19H20N4O3S/c24-17-15-8-3-9-20-18(15)27(26,22-17)23-19(25)21-16-13-6-1-4-11(13)10-12-5-2-7-14(12)16/h3,8-10,15,18H,1-2,4-7H2,(H2,21,22,23,24,25,26). The molecular weight excluding hydrogens is 364 g/mol. The van der Waals surface area contributed by atoms with E-state index in [1.165, 1.54) is 28.5 Å². The number of hydrogen-bond donors (Lipinski definition) is 2. The third-order valence-electron chi connectivity index (χ3n) is 5.73. The van der Waals surface area contributed by atoms with Gasteiger partial charge in [0.2, 0.25) is 0 Å². The molecule has 0 fully saturated rings. The average molecular weight is 384 g/mol. The zero-order valence-electron chi connectivity index (χ0n) is 14.7. The van der Waals surface area contributed by atoms with Crippen molar-refractivity contribution >= 4 is 33.8 Å². The van der Waals surface area contributed by atoms with Crippen LogP contribution in [-0.2, 0) is 40.4 Å². The summed E-state index contributed by atoms with van der Waals surface area (Å²) in [6.07, 6.45) is 10.9. The Kier molecular flexibility index (Phi) is 3.72. The highest BCUT2D eigenvalue weighted by Gasteiger charge is 2.43. The molecule has 2 aliphatic heterocycles. The van der Waals surface area contributed by atoms with E-state index in [1.54, 1.807) is 12.2 Å². The lowest BCUT2D eigenvalue weighted by atomic mass is 9.99. The molecule has 2 heterocycles. The van der Waals surface area contributed by atoms with Gasteiger partial charge in [-0.15, -0.1) is 4.36 Å². The number of benzene rings is 1. The molecule has 0 bridgehead atoms. The Labute approximate surface area is 157 Å². The number of dihydropyridines is 1. The van der Waals surface area contributed by atoms with Crippen molar-refractivity contribution in [3.63, 3.8) is 0 Å². The second-order valence-corrected chi connectivity index (χ2v) is 9.39. The predicted molar refractivity (Wildman–Crippen MR) is 103 cm³/mol. The van der Waals surface area contributed by atoms with Gasteiger partial charge in [-0.25, -0.2) is 13.7 Å². The molecule has 0 radical (unpaired) electrons. The van der Waals surface area contributed by atoms with Crippen LogP contribution < -0.4 is 10.0 Å². The van der Waals surface area contributed by atoms with Crippen LogP contribution >= 0.6 is 0 Å². The van der Waals surface area contributed by atoms with E-state index in [9.17, 15) is 13.8 Å². The fourth-order valence-electron chi connectivity index (χ4n) is 4.55. The van der Waals surface area contributed by atoms with Gasteiger partial charge in [0.05, 0.1) is 5.92 Å². The topological polar surface area (TPSA) is 100.0 Å². The van der Waals surface area contributed by atoms with Gasteiger partial charge >= 0.3 is 6.03 Å². The van der Waals surface area contributed by atoms with Crippen molar-refractivity contribution in [3.05, 3.63) is 40.5 Å². The van der Waals surface area contributed by atoms with Crippen molar-refractivity contribution in [2.75, 3.05) is 5.32 Å². The van der Waals surface area contributed by atoms with Crippen LogP contribution in [0.5, 0.6) is 0 Å². The zero-order valence-corrected chi connectivity index (χ0v) is 15.6. The molecule has 1 aromatic carbocycles. The molecule has 1 aromatic rings. The van der Waals surface area contributed by atoms with Crippen LogP contribution in [0.3, 0.4) is 0 Å². The number of carbonyl (C=O) groups excluding carboxylic acids is 2. The molecule has 0 spiro atoms. The minimum atomic E-state index is -3.29. The highest BCUT2D eigenvalue weighted by molar-refractivity contribution is 7.93. The van der Waals surface area contributed by atoms with Gasteiger partial charge in [-0.3, -0.25) is 9.79 Å². The SMILES string of the molecule is O=C(Nc1c2c(cc3c1CCC3)CCC2)NS1(=O)=NC(=O)C2C=CC=NC21. The normalized spacial score (nSPS) is 29.9. The van der Waals surface area contributed by atoms with Gasteiger partial charge in [-0.05, 0) is 66.9 Å². The first-order chi connectivity index (χ1) is 13.0. The van der Waals surface area contributed by atoms with Crippen molar-refractivity contribution in [2.45, 2.75) is 43.9 Å². The number of carbonyl (C=O) groups is 2. The Balaban J connectivity index is 1.44. The number of urea groups is 1. The van der Waals surface area contributed by atoms with Crippen molar-refractivity contribution in [1.29, 1.82) is 0 Å². The lowest BCUT2D eigenvalue weighted by Crippen LogP contribution is -2.40. The van der Waals surface area contributed by atoms with Gasteiger partial charge in [0.15, 0.2) is 15.3 Å². The number of anilines is 1. The minimum absolute atomic E-state index is 0.500. The lowest BCUT2D eigenvalue weighted by molar-refractivity contribution is -0.119. The Morgan fingerprint density at radius 1 is 1.11 bits per heavy atom. The van der Waals surface area contributed by atoms with Crippen molar-refractivity contribution < 1.29 is 13.8 Å². The van der Waals surface area contributed by atoms with E-state index >= 15 is 0 Å². The predicted octanol–water partition coefficient (Wildman–Crippen LogP) is 2.29. The Hall–Kier alpha value is -2.48. The molecule has 0 saturated heterocycles. The number of amides is 3. The quantitative estimate of drug-likeness (QED) is 0.818. The molecular formula is C19H20N4O3S. The van der Waals surface area contributed by atoms with E-state index in [4.69, 9.17) is 0 Å². The lowest BCUT2D eigenvalue weighted by Gasteiger charge is -2.19. The molecule has 27 heavy (non-hydrogen) atoms. The van der Waals surface area contributed by atoms with E-state index < -0.39 is 33.1 Å². The van der Waals surface area contributed by atoms with Crippen LogP contribution in [0, 0.1) is 5.92 Å². The number of rotatable bonds is 2. The first-order valence-electron chi connectivity index (χ1n) is 9.30. The monoisotopic (exact) mass is 384 g/mol. The number of hydrogen-bond acceptors (Lipinski definition) is 4. The summed E-state index contributed by atoms with van der Waals surface area (Å²) in [6.45, 7) is 0. The molecule has 3 unspecified atom stereocenters. The van der Waals surface area contributed by atoms with Crippen LogP contribution in [0.25, 0.3) is 0 Å². The van der Waals surface area contributed by atoms with Gasteiger partial charge in [0.1, 0.15) is 0 Å². The molecule has 4 aliphatic rings. The van der Waals surface area contributed by atoms with Crippen LogP contribution in [0.1, 0.15) is 35.1 Å². The van der Waals surface area contributed by atoms with Crippen LogP contribution in [0.2, 0.25) is 0 Å². The maximum atomic E-state index is 13.1. The van der Waals surface area contributed by atoms with Crippen molar-refractivity contribution in [3.8, 4) is 0 Å². The molecule has 5 rings (SSSR count). The van der Waals surface area contributed by atoms with Crippen LogP contribution in [0.15, 0.2) is 27.6 Å². The molecule has 7 nitrogen and oxygen atoms in total. The number of aryl methyl sites for hydroxylation is 2. The second-order valence-electron chi connectivity index (χ2n) is 7.39. The minimum Gasteiger partial charge on any atom is -0.307 e. The molecule has 2 aliphatic carbocycles. The summed E-state index contributed by atoms with van der Waals surface area (Å²) in [7, 11) is -3.29. The fraction of sp³-hybridized carbons (Fsp3) is 0.421. The first-order valence-corrected chi connectivity index (χ1v) is 10.9. The summed E-state index contributed by atoms with van der Waals surface area (Å²) in [5, 5.41) is 2.08. The molecule has 140 valence electrons. The van der Waals surface area contributed by atoms with Gasteiger partial charge in [-0.1, -0.05) is 12.1 Å². The van der Waals surface area contributed by atoms with E-state index in [-0.39, 0.29) is 0 Å². The fourth-order valence-corrected chi connectivity index (χ4v) is 6.37. The van der Waals surface area contributed by atoms with Gasteiger partial charge in [-0.2, -0.15) is 0 Å². The molecule has 2 N–H and O–H groups in total. The van der Waals surface area contributed by atoms with Crippen LogP contribution in [-0.4, -0.2) is 27.7 Å². The number of allylic oxidation sites excluding steroid dienone is 1. The molecule has 0 saturated carbocycles. The molecule has 3 amide bonds. The Morgan fingerprint density at radius 3 is 2.52 bits per heavy atom. The summed E-state index contributed by atoms with van der Waals surface area (Å²) in [6, 6.07) is 1.70. The summed E-state index contributed by atoms with van der Waals surface area (Å²) in [5.41, 5.74) is 5.86. The number of nitrogens with zero attached hydrogens (tertiary/aromatic N) is 2. The third kappa shape index (κ3) is 2.62. The van der Waals surface area contributed by atoms with Gasteiger partial charge in [0.25, 0.3) is 5.91 Å². The van der Waals surface area contributed by atoms with Gasteiger partial charge < -0.3 is 5.32 Å². The zero-order chi connectivity index (χ0) is 18.6. The van der Waals surface area contributed by atoms with E-state index in [2.05, 4.69) is 25.5 Å². The highest BCUT2D eigenvalue weighted by atomic mass is 32.2. The van der Waals surface area contributed by atoms with E-state index in [1.807, 2.05) is 0 Å². The number of nitrogens with one attached hydrogen (secondary N) is 2. The summed E-state index contributed by atoms with van der Waals surface area (Å²) in [5.74, 6) is -1.16. The highest BCUT2D eigenvalue weighted by Crippen LogP contribution is 2.38. The van der Waals surface area contributed by atoms with Crippen LogP contribution in [0.4, 0.5) is 10.5 Å². The smallest absolute Gasteiger partial charge is 0.307 e. The van der Waals surface area contributed by atoms with E-state index in [0.717, 1.165) is 44.2 Å². The maximum absolute atomic E-state index is 13.1. The maximum Gasteiger partial charge on any atom is 0.331 e. The summed E-state index contributed by atoms with van der Waals surface area (Å²) in [4.78, 5) is 28.9. The van der Waals surface area contributed by atoms with E-state index in [0.29, 0.717) is 0 Å². The van der Waals surface area contributed by atoms with Crippen molar-refractivity contribution in [1.82, 2.24) is 4.72 Å². The number of aliphatic imine (C=N–C) groups is 1. The largest absolute Gasteiger partial charge is 0.331 e. The summed E-state index contributed by atoms with van der Waals surface area (Å²) < 4.78 is 19.3.